The maximum Gasteiger partial charge on any atom is 0.0323 e. The van der Waals surface area contributed by atoms with E-state index in [2.05, 4.69) is 50.4 Å². The second kappa shape index (κ2) is 7.17. The summed E-state index contributed by atoms with van der Waals surface area (Å²) in [5, 5.41) is 3.40. The molecule has 0 aliphatic heterocycles. The molecule has 102 valence electrons. The molecule has 0 bridgehead atoms. The molecule has 1 atom stereocenters. The molecule has 1 aromatic carbocycles. The van der Waals surface area contributed by atoms with Gasteiger partial charge in [0.1, 0.15) is 0 Å². The van der Waals surface area contributed by atoms with Crippen LogP contribution in [0.15, 0.2) is 29.2 Å². The summed E-state index contributed by atoms with van der Waals surface area (Å²) in [6.45, 7) is 7.34. The van der Waals surface area contributed by atoms with Gasteiger partial charge in [-0.2, -0.15) is 0 Å². The smallest absolute Gasteiger partial charge is 0.0323 e. The summed E-state index contributed by atoms with van der Waals surface area (Å²) in [6.07, 6.45) is 1.06. The van der Waals surface area contributed by atoms with Crippen LogP contribution in [-0.2, 0) is 0 Å². The summed E-state index contributed by atoms with van der Waals surface area (Å²) in [5.74, 6) is 1.12. The molecule has 1 rings (SSSR count). The Labute approximate surface area is 116 Å². The second-order valence-electron chi connectivity index (χ2n) is 5.42. The van der Waals surface area contributed by atoms with Crippen LogP contribution in [0.25, 0.3) is 0 Å². The van der Waals surface area contributed by atoms with E-state index in [0.29, 0.717) is 6.04 Å². The van der Waals surface area contributed by atoms with E-state index in [-0.39, 0.29) is 5.41 Å². The first-order valence-corrected chi connectivity index (χ1v) is 7.61. The van der Waals surface area contributed by atoms with E-state index in [1.54, 1.807) is 0 Å². The Morgan fingerprint density at radius 3 is 2.33 bits per heavy atom. The van der Waals surface area contributed by atoms with Crippen LogP contribution in [0.2, 0.25) is 0 Å². The molecule has 0 aliphatic carbocycles. The van der Waals surface area contributed by atoms with E-state index >= 15 is 0 Å². The molecular weight excluding hydrogens is 240 g/mol. The lowest BCUT2D eigenvalue weighted by Crippen LogP contribution is -2.30. The fourth-order valence-electron chi connectivity index (χ4n) is 1.99. The first kappa shape index (κ1) is 15.5. The van der Waals surface area contributed by atoms with Crippen LogP contribution in [-0.4, -0.2) is 19.3 Å². The third kappa shape index (κ3) is 4.63. The fourth-order valence-corrected chi connectivity index (χ4v) is 2.65. The Hall–Kier alpha value is -0.510. The Morgan fingerprint density at radius 1 is 1.28 bits per heavy atom. The third-order valence-corrected chi connectivity index (χ3v) is 4.15. The Bertz CT molecular complexity index is 346. The molecule has 3 heteroatoms. The van der Waals surface area contributed by atoms with E-state index in [9.17, 15) is 0 Å². The standard InChI is InChI=1S/C15H26N2S/c1-5-18-13-8-6-12(7-9-13)14(17-4)10-15(2,3)11-16/h6-9,14,17H,5,10-11,16H2,1-4H3. The van der Waals surface area contributed by atoms with Gasteiger partial charge in [-0.1, -0.05) is 32.9 Å². The number of hydrogen-bond acceptors (Lipinski definition) is 3. The molecular formula is C15H26N2S. The number of rotatable bonds is 7. The van der Waals surface area contributed by atoms with Gasteiger partial charge in [-0.15, -0.1) is 11.8 Å². The molecule has 0 spiro atoms. The van der Waals surface area contributed by atoms with Crippen molar-refractivity contribution in [3.63, 3.8) is 0 Å². The highest BCUT2D eigenvalue weighted by Gasteiger charge is 2.22. The van der Waals surface area contributed by atoms with E-state index in [1.807, 2.05) is 18.8 Å². The average Bonchev–Trinajstić information content (AvgIpc) is 2.37. The highest BCUT2D eigenvalue weighted by Crippen LogP contribution is 2.30. The van der Waals surface area contributed by atoms with E-state index < -0.39 is 0 Å². The maximum atomic E-state index is 5.82. The number of nitrogens with two attached hydrogens (primary N) is 1. The fraction of sp³-hybridized carbons (Fsp3) is 0.600. The van der Waals surface area contributed by atoms with Crippen molar-refractivity contribution in [2.45, 2.75) is 38.1 Å². The second-order valence-corrected chi connectivity index (χ2v) is 6.75. The van der Waals surface area contributed by atoms with Crippen LogP contribution in [0.5, 0.6) is 0 Å². The number of hydrogen-bond donors (Lipinski definition) is 2. The molecule has 0 radical (unpaired) electrons. The molecule has 3 N–H and O–H groups in total. The van der Waals surface area contributed by atoms with Crippen LogP contribution in [0.4, 0.5) is 0 Å². The van der Waals surface area contributed by atoms with Gasteiger partial charge < -0.3 is 11.1 Å². The molecule has 1 unspecified atom stereocenters. The van der Waals surface area contributed by atoms with Gasteiger partial charge in [0.25, 0.3) is 0 Å². The molecule has 18 heavy (non-hydrogen) atoms. The van der Waals surface area contributed by atoms with Crippen LogP contribution in [0.3, 0.4) is 0 Å². The van der Waals surface area contributed by atoms with Gasteiger partial charge in [0, 0.05) is 10.9 Å². The normalized spacial score (nSPS) is 13.6. The van der Waals surface area contributed by atoms with Crippen molar-refractivity contribution in [3.8, 4) is 0 Å². The van der Waals surface area contributed by atoms with Crippen LogP contribution in [0.1, 0.15) is 38.8 Å². The minimum Gasteiger partial charge on any atom is -0.330 e. The first-order valence-electron chi connectivity index (χ1n) is 6.62. The summed E-state index contributed by atoms with van der Waals surface area (Å²) in [5.41, 5.74) is 7.34. The number of nitrogens with one attached hydrogen (secondary N) is 1. The summed E-state index contributed by atoms with van der Waals surface area (Å²) >= 11 is 1.88. The van der Waals surface area contributed by atoms with Crippen molar-refractivity contribution in [3.05, 3.63) is 29.8 Å². The number of benzene rings is 1. The predicted molar refractivity (Wildman–Crippen MR) is 82.1 cm³/mol. The molecule has 0 amide bonds. The molecule has 2 nitrogen and oxygen atoms in total. The molecule has 0 saturated carbocycles. The minimum atomic E-state index is 0.171. The van der Waals surface area contributed by atoms with Crippen molar-refractivity contribution < 1.29 is 0 Å². The van der Waals surface area contributed by atoms with Gasteiger partial charge in [0.2, 0.25) is 0 Å². The first-order chi connectivity index (χ1) is 8.52. The van der Waals surface area contributed by atoms with E-state index in [0.717, 1.165) is 18.7 Å². The molecule has 0 heterocycles. The SMILES string of the molecule is CCSc1ccc(C(CC(C)(C)CN)NC)cc1. The zero-order valence-electron chi connectivity index (χ0n) is 12.0. The third-order valence-electron chi connectivity index (χ3n) is 3.25. The van der Waals surface area contributed by atoms with E-state index in [4.69, 9.17) is 5.73 Å². The topological polar surface area (TPSA) is 38.0 Å². The zero-order valence-corrected chi connectivity index (χ0v) is 12.8. The van der Waals surface area contributed by atoms with Gasteiger partial charge in [-0.05, 0) is 48.9 Å². The Kier molecular flexibility index (Phi) is 6.19. The summed E-state index contributed by atoms with van der Waals surface area (Å²) in [7, 11) is 2.02. The molecule has 1 aromatic rings. The molecule has 0 fully saturated rings. The molecule has 0 saturated heterocycles. The quantitative estimate of drug-likeness (QED) is 0.743. The Morgan fingerprint density at radius 2 is 1.89 bits per heavy atom. The minimum absolute atomic E-state index is 0.171. The largest absolute Gasteiger partial charge is 0.330 e. The van der Waals surface area contributed by atoms with Crippen molar-refractivity contribution >= 4 is 11.8 Å². The van der Waals surface area contributed by atoms with Gasteiger partial charge in [-0.3, -0.25) is 0 Å². The molecule has 0 aromatic heterocycles. The van der Waals surface area contributed by atoms with Crippen LogP contribution < -0.4 is 11.1 Å². The highest BCUT2D eigenvalue weighted by molar-refractivity contribution is 7.99. The summed E-state index contributed by atoms with van der Waals surface area (Å²) in [6, 6.07) is 9.26. The Balaban J connectivity index is 2.76. The van der Waals surface area contributed by atoms with Gasteiger partial charge in [-0.25, -0.2) is 0 Å². The van der Waals surface area contributed by atoms with Gasteiger partial charge in [0.15, 0.2) is 0 Å². The van der Waals surface area contributed by atoms with Gasteiger partial charge in [0.05, 0.1) is 0 Å². The lowest BCUT2D eigenvalue weighted by atomic mass is 9.83. The van der Waals surface area contributed by atoms with Crippen LogP contribution >= 0.6 is 11.8 Å². The van der Waals surface area contributed by atoms with Crippen molar-refractivity contribution in [1.82, 2.24) is 5.32 Å². The van der Waals surface area contributed by atoms with Crippen molar-refractivity contribution in [2.75, 3.05) is 19.3 Å². The van der Waals surface area contributed by atoms with Crippen LogP contribution in [0, 0.1) is 5.41 Å². The summed E-state index contributed by atoms with van der Waals surface area (Å²) < 4.78 is 0. The van der Waals surface area contributed by atoms with E-state index in [1.165, 1.54) is 10.5 Å². The monoisotopic (exact) mass is 266 g/mol. The molecule has 0 aliphatic rings. The van der Waals surface area contributed by atoms with Crippen molar-refractivity contribution in [2.24, 2.45) is 11.1 Å². The lowest BCUT2D eigenvalue weighted by Gasteiger charge is -2.28. The van der Waals surface area contributed by atoms with Crippen molar-refractivity contribution in [1.29, 1.82) is 0 Å². The maximum absolute atomic E-state index is 5.82. The predicted octanol–water partition coefficient (Wildman–Crippen LogP) is 3.43. The number of thioether (sulfide) groups is 1. The zero-order chi connectivity index (χ0) is 13.6. The van der Waals surface area contributed by atoms with Gasteiger partial charge >= 0.3 is 0 Å². The summed E-state index contributed by atoms with van der Waals surface area (Å²) in [4.78, 5) is 1.34. The highest BCUT2D eigenvalue weighted by atomic mass is 32.2. The lowest BCUT2D eigenvalue weighted by molar-refractivity contribution is 0.299. The average molecular weight is 266 g/mol.